The van der Waals surface area contributed by atoms with Crippen LogP contribution in [0.2, 0.25) is 5.02 Å². The lowest BCUT2D eigenvalue weighted by molar-refractivity contribution is 0.167. The van der Waals surface area contributed by atoms with Crippen molar-refractivity contribution in [1.82, 2.24) is 24.6 Å². The van der Waals surface area contributed by atoms with Crippen molar-refractivity contribution in [1.29, 1.82) is 0 Å². The normalized spacial score (nSPS) is 18.2. The zero-order valence-electron chi connectivity index (χ0n) is 24.6. The number of piperidine rings is 1. The third-order valence-corrected chi connectivity index (χ3v) is 10.1. The summed E-state index contributed by atoms with van der Waals surface area (Å²) in [5.41, 5.74) is 3.60. The number of benzene rings is 1. The van der Waals surface area contributed by atoms with Gasteiger partial charge in [-0.3, -0.25) is 4.68 Å². The number of sulfone groups is 1. The van der Waals surface area contributed by atoms with Gasteiger partial charge in [0.1, 0.15) is 10.8 Å². The summed E-state index contributed by atoms with van der Waals surface area (Å²) in [7, 11) is -1.97. The zero-order valence-corrected chi connectivity index (χ0v) is 26.2. The van der Waals surface area contributed by atoms with Gasteiger partial charge in [-0.2, -0.15) is 10.1 Å². The fourth-order valence-corrected chi connectivity index (χ4v) is 6.42. The number of ether oxygens (including phenoxy) is 1. The first kappa shape index (κ1) is 29.6. The molecule has 5 rings (SSSR count). The average molecular weight is 602 g/mol. The Labute approximate surface area is 247 Å². The summed E-state index contributed by atoms with van der Waals surface area (Å²) in [6.07, 6.45) is 7.74. The Hall–Kier alpha value is -2.89. The first-order valence-corrected chi connectivity index (χ1v) is 16.2. The molecular formula is C29H40ClN7O3S. The molecule has 2 N–H and O–H groups in total. The molecule has 10 nitrogen and oxygen atoms in total. The van der Waals surface area contributed by atoms with Crippen LogP contribution < -0.4 is 15.4 Å². The fraction of sp³-hybridized carbons (Fsp3) is 0.552. The highest BCUT2D eigenvalue weighted by Gasteiger charge is 2.29. The molecule has 1 unspecified atom stereocenters. The second-order valence-corrected chi connectivity index (χ2v) is 14.5. The second-order valence-electron chi connectivity index (χ2n) is 11.7. The van der Waals surface area contributed by atoms with Crippen LogP contribution >= 0.6 is 11.6 Å². The van der Waals surface area contributed by atoms with Crippen LogP contribution in [0.15, 0.2) is 29.6 Å². The lowest BCUT2D eigenvalue weighted by Crippen LogP contribution is -2.39. The summed E-state index contributed by atoms with van der Waals surface area (Å²) in [6, 6.07) is 4.83. The summed E-state index contributed by atoms with van der Waals surface area (Å²) in [5, 5.41) is 10.1. The van der Waals surface area contributed by atoms with Crippen molar-refractivity contribution in [2.75, 3.05) is 23.7 Å². The van der Waals surface area contributed by atoms with Crippen LogP contribution in [0.4, 0.5) is 23.1 Å². The van der Waals surface area contributed by atoms with E-state index in [9.17, 15) is 8.42 Å². The number of aromatic nitrogens is 4. The van der Waals surface area contributed by atoms with Crippen molar-refractivity contribution in [3.63, 3.8) is 0 Å². The van der Waals surface area contributed by atoms with Gasteiger partial charge in [0, 0.05) is 25.8 Å². The number of nitrogens with zero attached hydrogens (tertiary/aromatic N) is 5. The molecule has 2 fully saturated rings. The number of hydrogen-bond donors (Lipinski definition) is 2. The highest BCUT2D eigenvalue weighted by Crippen LogP contribution is 2.40. The summed E-state index contributed by atoms with van der Waals surface area (Å²) in [4.78, 5) is 11.5. The highest BCUT2D eigenvalue weighted by atomic mass is 35.5. The molecule has 1 aliphatic carbocycles. The first-order valence-electron chi connectivity index (χ1n) is 14.3. The van der Waals surface area contributed by atoms with Gasteiger partial charge in [-0.15, -0.1) is 0 Å². The predicted octanol–water partition coefficient (Wildman–Crippen LogP) is 5.97. The van der Waals surface area contributed by atoms with Gasteiger partial charge in [0.05, 0.1) is 28.9 Å². The van der Waals surface area contributed by atoms with E-state index in [4.69, 9.17) is 16.3 Å². The molecule has 2 aliphatic rings. The molecule has 41 heavy (non-hydrogen) atoms. The lowest BCUT2D eigenvalue weighted by atomic mass is 9.87. The van der Waals surface area contributed by atoms with E-state index in [2.05, 4.69) is 63.5 Å². The van der Waals surface area contributed by atoms with E-state index in [-0.39, 0.29) is 22.0 Å². The van der Waals surface area contributed by atoms with Crippen molar-refractivity contribution >= 4 is 44.6 Å². The number of anilines is 4. The van der Waals surface area contributed by atoms with Gasteiger partial charge in [-0.1, -0.05) is 11.6 Å². The molecule has 1 atom stereocenters. The van der Waals surface area contributed by atoms with Gasteiger partial charge in [-0.05, 0) is 96.0 Å². The van der Waals surface area contributed by atoms with Crippen molar-refractivity contribution < 1.29 is 13.2 Å². The molecule has 0 bridgehead atoms. The molecule has 2 aromatic heterocycles. The molecule has 0 amide bonds. The summed E-state index contributed by atoms with van der Waals surface area (Å²) in [6.45, 7) is 12.1. The van der Waals surface area contributed by atoms with Crippen LogP contribution in [0, 0.1) is 6.92 Å². The topological polar surface area (TPSA) is 114 Å². The van der Waals surface area contributed by atoms with Gasteiger partial charge in [0.2, 0.25) is 20.8 Å². The predicted molar refractivity (Wildman–Crippen MR) is 163 cm³/mol. The monoisotopic (exact) mass is 601 g/mol. The molecule has 1 aromatic carbocycles. The Morgan fingerprint density at radius 1 is 1.10 bits per heavy atom. The Balaban J connectivity index is 1.43. The zero-order chi connectivity index (χ0) is 29.5. The smallest absolute Gasteiger partial charge is 0.229 e. The Morgan fingerprint density at radius 2 is 1.85 bits per heavy atom. The number of nitrogens with one attached hydrogen (secondary N) is 2. The minimum atomic E-state index is -3.63. The molecule has 222 valence electrons. The number of hydrogen-bond acceptors (Lipinski definition) is 9. The van der Waals surface area contributed by atoms with Gasteiger partial charge in [0.25, 0.3) is 0 Å². The number of rotatable bonds is 10. The van der Waals surface area contributed by atoms with Crippen molar-refractivity contribution in [3.05, 3.63) is 40.7 Å². The van der Waals surface area contributed by atoms with Crippen LogP contribution in [0.3, 0.4) is 0 Å². The summed E-state index contributed by atoms with van der Waals surface area (Å²) < 4.78 is 33.6. The SMILES string of the molecule is Cc1cc(Nc2ncc(Cl)c(Nc3cn(C)nc3S(=O)(=O)C(C)C)n2)c(OC2CC2)cc1C1CCCN(C(C)C)C1. The number of likely N-dealkylation sites (tertiary alicyclic amines) is 1. The quantitative estimate of drug-likeness (QED) is 0.290. The summed E-state index contributed by atoms with van der Waals surface area (Å²) in [5.74, 6) is 1.83. The maximum absolute atomic E-state index is 12.9. The maximum Gasteiger partial charge on any atom is 0.229 e. The third-order valence-electron chi connectivity index (χ3n) is 7.74. The molecule has 1 saturated carbocycles. The van der Waals surface area contributed by atoms with E-state index in [1.54, 1.807) is 27.1 Å². The number of halogens is 1. The second kappa shape index (κ2) is 11.8. The molecule has 3 heterocycles. The molecule has 1 aliphatic heterocycles. The molecule has 0 radical (unpaired) electrons. The molecule has 1 saturated heterocycles. The van der Waals surface area contributed by atoms with E-state index in [0.717, 1.165) is 43.8 Å². The van der Waals surface area contributed by atoms with Crippen molar-refractivity contribution in [2.45, 2.75) is 88.6 Å². The van der Waals surface area contributed by atoms with Gasteiger partial charge in [0.15, 0.2) is 5.82 Å². The average Bonchev–Trinajstić information content (AvgIpc) is 3.66. The van der Waals surface area contributed by atoms with E-state index in [1.165, 1.54) is 28.4 Å². The van der Waals surface area contributed by atoms with E-state index in [0.29, 0.717) is 23.6 Å². The number of aryl methyl sites for hydroxylation is 2. The summed E-state index contributed by atoms with van der Waals surface area (Å²) >= 11 is 6.44. The van der Waals surface area contributed by atoms with Crippen LogP contribution in [-0.4, -0.2) is 63.6 Å². The standard InChI is InChI=1S/C29H40ClN7O3S/c1-17(2)37-11-7-8-20(15-37)22-13-26(40-21-9-10-21)24(12-19(22)5)33-29-31-14-23(30)27(34-29)32-25-16-36(6)35-28(25)41(38,39)18(3)4/h12-14,16-18,20-21H,7-11,15H2,1-6H3,(H2,31,32,33,34). The van der Waals surface area contributed by atoms with Crippen LogP contribution in [0.25, 0.3) is 0 Å². The Kier molecular flexibility index (Phi) is 8.50. The molecule has 0 spiro atoms. The third kappa shape index (κ3) is 6.62. The van der Waals surface area contributed by atoms with E-state index in [1.807, 2.05) is 0 Å². The molecule has 12 heteroatoms. The van der Waals surface area contributed by atoms with Crippen molar-refractivity contribution in [2.24, 2.45) is 7.05 Å². The minimum absolute atomic E-state index is 0.0516. The van der Waals surface area contributed by atoms with Crippen LogP contribution in [0.1, 0.15) is 70.4 Å². The largest absolute Gasteiger partial charge is 0.488 e. The van der Waals surface area contributed by atoms with E-state index < -0.39 is 15.1 Å². The van der Waals surface area contributed by atoms with Gasteiger partial charge in [-0.25, -0.2) is 13.4 Å². The highest BCUT2D eigenvalue weighted by molar-refractivity contribution is 7.92. The minimum Gasteiger partial charge on any atom is -0.488 e. The molecule has 3 aromatic rings. The van der Waals surface area contributed by atoms with Crippen LogP contribution in [0.5, 0.6) is 5.75 Å². The maximum atomic E-state index is 12.9. The van der Waals surface area contributed by atoms with E-state index >= 15 is 0 Å². The Bertz CT molecular complexity index is 1520. The molecular weight excluding hydrogens is 562 g/mol. The lowest BCUT2D eigenvalue weighted by Gasteiger charge is -2.36. The first-order chi connectivity index (χ1) is 19.4. The van der Waals surface area contributed by atoms with Gasteiger partial charge >= 0.3 is 0 Å². The fourth-order valence-electron chi connectivity index (χ4n) is 5.18. The van der Waals surface area contributed by atoms with Gasteiger partial charge < -0.3 is 20.3 Å². The van der Waals surface area contributed by atoms with Crippen LogP contribution in [-0.2, 0) is 16.9 Å². The van der Waals surface area contributed by atoms with Crippen molar-refractivity contribution in [3.8, 4) is 5.75 Å². The Morgan fingerprint density at radius 3 is 2.54 bits per heavy atom.